The summed E-state index contributed by atoms with van der Waals surface area (Å²) in [6, 6.07) is 24.0. The van der Waals surface area contributed by atoms with Gasteiger partial charge in [0.25, 0.3) is 0 Å². The van der Waals surface area contributed by atoms with Crippen LogP contribution >= 0.6 is 7.92 Å². The van der Waals surface area contributed by atoms with Crippen LogP contribution in [0.3, 0.4) is 0 Å². The zero-order chi connectivity index (χ0) is 16.4. The first-order valence-electron chi connectivity index (χ1n) is 8.00. The molecule has 0 aliphatic heterocycles. The van der Waals surface area contributed by atoms with Crippen LogP contribution in [-0.2, 0) is 25.8 Å². The molecule has 0 spiro atoms. The molecule has 4 rings (SSSR count). The van der Waals surface area contributed by atoms with E-state index in [2.05, 4.69) is 93.9 Å². The minimum atomic E-state index is 0. The molecule has 0 aliphatic rings. The van der Waals surface area contributed by atoms with Crippen LogP contribution in [0, 0.1) is 13.8 Å². The van der Waals surface area contributed by atoms with Crippen molar-refractivity contribution in [2.24, 2.45) is 0 Å². The van der Waals surface area contributed by atoms with E-state index in [-0.39, 0.29) is 43.2 Å². The molecule has 0 bridgehead atoms. The van der Waals surface area contributed by atoms with Gasteiger partial charge >= 0.3 is 25.8 Å². The third-order valence-corrected chi connectivity index (χ3v) is 5.66. The topological polar surface area (TPSA) is 0 Å². The maximum atomic E-state index is 2.31. The number of halogens is 2. The summed E-state index contributed by atoms with van der Waals surface area (Å²) in [5.41, 5.74) is 2.74. The zero-order valence-electron chi connectivity index (χ0n) is 15.6. The van der Waals surface area contributed by atoms with Crippen molar-refractivity contribution < 1.29 is 35.3 Å². The van der Waals surface area contributed by atoms with E-state index in [1.807, 2.05) is 0 Å². The average molecular weight is 535 g/mol. The van der Waals surface area contributed by atoms with Gasteiger partial charge in [-0.25, -0.2) is 0 Å². The van der Waals surface area contributed by atoms with Gasteiger partial charge in [0.05, 0.1) is 0 Å². The van der Waals surface area contributed by atoms with Crippen LogP contribution in [0.2, 0.25) is 0 Å². The second kappa shape index (κ2) is 10.8. The number of hydrogen-bond donors (Lipinski definition) is 0. The molecular formula is C22H23F2HfP. The van der Waals surface area contributed by atoms with E-state index in [9.17, 15) is 0 Å². The van der Waals surface area contributed by atoms with E-state index in [4.69, 9.17) is 0 Å². The molecule has 4 heteroatoms. The summed E-state index contributed by atoms with van der Waals surface area (Å²) in [5.74, 6) is 0. The molecule has 0 saturated heterocycles. The Bertz CT molecular complexity index is 869. The van der Waals surface area contributed by atoms with Crippen LogP contribution in [0.1, 0.15) is 11.1 Å². The summed E-state index contributed by atoms with van der Waals surface area (Å²) >= 11 is 0. The van der Waals surface area contributed by atoms with E-state index in [0.29, 0.717) is 0 Å². The molecule has 0 nitrogen and oxygen atoms in total. The summed E-state index contributed by atoms with van der Waals surface area (Å²) in [7, 11) is 0.0576. The minimum Gasteiger partial charge on any atom is -1.00 e. The van der Waals surface area contributed by atoms with Gasteiger partial charge in [0.1, 0.15) is 0 Å². The molecule has 0 saturated carbocycles. The predicted molar refractivity (Wildman–Crippen MR) is 107 cm³/mol. The van der Waals surface area contributed by atoms with Crippen molar-refractivity contribution in [2.45, 2.75) is 13.8 Å². The maximum Gasteiger partial charge on any atom is 4.00 e. The van der Waals surface area contributed by atoms with Crippen molar-refractivity contribution in [2.75, 3.05) is 13.3 Å². The third-order valence-electron chi connectivity index (χ3n) is 4.37. The monoisotopic (exact) mass is 536 g/mol. The largest absolute Gasteiger partial charge is 4.00 e. The van der Waals surface area contributed by atoms with Gasteiger partial charge in [0, 0.05) is 0 Å². The summed E-state index contributed by atoms with van der Waals surface area (Å²) in [6.45, 7) is 8.90. The molecule has 0 amide bonds. The Hall–Kier alpha value is -1.18. The second-order valence-corrected chi connectivity index (χ2v) is 8.59. The first-order valence-corrected chi connectivity index (χ1v) is 10.2. The van der Waals surface area contributed by atoms with Crippen LogP contribution in [0.15, 0.2) is 66.7 Å². The summed E-state index contributed by atoms with van der Waals surface area (Å²) in [6.07, 6.45) is 0. The molecule has 0 aliphatic carbocycles. The number of aryl methyl sites for hydroxylation is 2. The Morgan fingerprint density at radius 1 is 0.846 bits per heavy atom. The molecule has 0 N–H and O–H groups in total. The van der Waals surface area contributed by atoms with Crippen LogP contribution in [0.5, 0.6) is 0 Å². The smallest absolute Gasteiger partial charge is 1.00 e. The van der Waals surface area contributed by atoms with Gasteiger partial charge in [0.15, 0.2) is 0 Å². The van der Waals surface area contributed by atoms with Crippen molar-refractivity contribution in [3.05, 3.63) is 77.9 Å². The van der Waals surface area contributed by atoms with Crippen LogP contribution in [0.25, 0.3) is 21.5 Å². The summed E-state index contributed by atoms with van der Waals surface area (Å²) < 4.78 is 0. The molecule has 0 heterocycles. The van der Waals surface area contributed by atoms with Crippen molar-refractivity contribution in [1.82, 2.24) is 0 Å². The molecule has 0 atom stereocenters. The molecule has 4 aromatic rings. The van der Waals surface area contributed by atoms with Crippen molar-refractivity contribution >= 4 is 34.8 Å². The third kappa shape index (κ3) is 5.41. The average Bonchev–Trinajstić information content (AvgIpc) is 3.18. The van der Waals surface area contributed by atoms with Crippen LogP contribution < -0.4 is 14.7 Å². The number of benzene rings is 2. The molecule has 26 heavy (non-hydrogen) atoms. The quantitative estimate of drug-likeness (QED) is 0.185. The van der Waals surface area contributed by atoms with E-state index in [1.54, 1.807) is 0 Å². The van der Waals surface area contributed by atoms with Crippen molar-refractivity contribution in [3.63, 3.8) is 0 Å². The van der Waals surface area contributed by atoms with Gasteiger partial charge in [-0.05, 0) is 20.3 Å². The van der Waals surface area contributed by atoms with Gasteiger partial charge in [-0.3, -0.25) is 0 Å². The number of hydrogen-bond acceptors (Lipinski definition) is 0. The van der Waals surface area contributed by atoms with Gasteiger partial charge in [-0.15, -0.1) is 76.7 Å². The number of fused-ring (bicyclic) bond motifs is 2. The molecule has 134 valence electrons. The van der Waals surface area contributed by atoms with E-state index >= 15 is 0 Å². The fraction of sp³-hybridized carbons (Fsp3) is 0.182. The van der Waals surface area contributed by atoms with Crippen molar-refractivity contribution in [3.8, 4) is 0 Å². The fourth-order valence-electron chi connectivity index (χ4n) is 2.93. The molecule has 0 radical (unpaired) electrons. The molecule has 0 unspecified atom stereocenters. The van der Waals surface area contributed by atoms with E-state index in [0.717, 1.165) is 0 Å². The summed E-state index contributed by atoms with van der Waals surface area (Å²) in [4.78, 5) is 0. The summed E-state index contributed by atoms with van der Waals surface area (Å²) in [5, 5.41) is 7.05. The SMILES string of the molecule is CP(C)c1cc2ccccc2[cH-]1.Cc1ccc(C)c2[cH-]ccc12.[F-].[F-].[Hf+4]. The van der Waals surface area contributed by atoms with Crippen LogP contribution in [-0.4, -0.2) is 13.3 Å². The van der Waals surface area contributed by atoms with Crippen LogP contribution in [0.4, 0.5) is 0 Å². The van der Waals surface area contributed by atoms with E-state index in [1.165, 1.54) is 38.0 Å². The first-order chi connectivity index (χ1) is 11.1. The zero-order valence-corrected chi connectivity index (χ0v) is 20.0. The predicted octanol–water partition coefficient (Wildman–Crippen LogP) is 0.107. The molecule has 4 aromatic carbocycles. The Morgan fingerprint density at radius 3 is 2.12 bits per heavy atom. The Labute approximate surface area is 174 Å². The van der Waals surface area contributed by atoms with Gasteiger partial charge in [-0.2, -0.15) is 18.2 Å². The Balaban J connectivity index is 0.000000432. The molecule has 0 fully saturated rings. The molecule has 0 aromatic heterocycles. The first kappa shape index (κ1) is 24.8. The van der Waals surface area contributed by atoms with Crippen molar-refractivity contribution in [1.29, 1.82) is 0 Å². The Kier molecular flexibility index (Phi) is 10.4. The fourth-order valence-corrected chi connectivity index (χ4v) is 3.72. The van der Waals surface area contributed by atoms with Gasteiger partial charge in [-0.1, -0.05) is 24.6 Å². The minimum absolute atomic E-state index is 0. The van der Waals surface area contributed by atoms with Gasteiger partial charge < -0.3 is 9.41 Å². The normalized spacial score (nSPS) is 9.73. The standard InChI is InChI=1S/C11H12P.C11H11.2FH.Hf/c1-12(2)11-7-9-5-3-4-6-10(9)8-11;1-8-6-7-9(2)11-5-3-4-10(8)11;;;/h3-8H,1-2H3;3-7H,1-2H3;2*1H;/q2*-1;;;+4/p-2. The number of rotatable bonds is 1. The van der Waals surface area contributed by atoms with Gasteiger partial charge in [0.2, 0.25) is 0 Å². The molecular weight excluding hydrogens is 512 g/mol. The second-order valence-electron chi connectivity index (χ2n) is 6.29. The Morgan fingerprint density at radius 2 is 1.50 bits per heavy atom. The maximum absolute atomic E-state index is 2.31. The van der Waals surface area contributed by atoms with E-state index < -0.39 is 0 Å².